The predicted octanol–water partition coefficient (Wildman–Crippen LogP) is 3.47. The van der Waals surface area contributed by atoms with Gasteiger partial charge in [-0.3, -0.25) is 4.79 Å². The SMILES string of the molecule is O=C(COC(=O)c1ccccc1OC(F)F)c1ccc(F)cc1. The summed E-state index contributed by atoms with van der Waals surface area (Å²) >= 11 is 0. The van der Waals surface area contributed by atoms with Crippen molar-refractivity contribution in [2.75, 3.05) is 6.61 Å². The standard InChI is InChI=1S/C16H11F3O4/c17-11-7-5-10(6-8-11)13(20)9-22-15(21)12-3-1-2-4-14(12)23-16(18)19/h1-8,16H,9H2. The number of rotatable bonds is 6. The molecule has 120 valence electrons. The molecule has 0 bridgehead atoms. The van der Waals surface area contributed by atoms with Gasteiger partial charge in [-0.1, -0.05) is 12.1 Å². The van der Waals surface area contributed by atoms with Crippen molar-refractivity contribution in [2.45, 2.75) is 6.61 Å². The third kappa shape index (κ3) is 4.57. The molecule has 0 saturated heterocycles. The maximum atomic E-state index is 12.8. The van der Waals surface area contributed by atoms with Crippen LogP contribution >= 0.6 is 0 Å². The third-order valence-electron chi connectivity index (χ3n) is 2.82. The largest absolute Gasteiger partial charge is 0.454 e. The van der Waals surface area contributed by atoms with E-state index in [9.17, 15) is 22.8 Å². The van der Waals surface area contributed by atoms with Gasteiger partial charge in [-0.25, -0.2) is 9.18 Å². The summed E-state index contributed by atoms with van der Waals surface area (Å²) in [6, 6.07) is 9.97. The Morgan fingerprint density at radius 1 is 1.00 bits per heavy atom. The molecule has 0 saturated carbocycles. The van der Waals surface area contributed by atoms with Crippen molar-refractivity contribution in [3.05, 3.63) is 65.5 Å². The number of hydrogen-bond donors (Lipinski definition) is 0. The fourth-order valence-corrected chi connectivity index (χ4v) is 1.76. The molecule has 2 rings (SSSR count). The highest BCUT2D eigenvalue weighted by molar-refractivity contribution is 5.99. The van der Waals surface area contributed by atoms with E-state index in [-0.39, 0.29) is 16.9 Å². The molecule has 0 fully saturated rings. The monoisotopic (exact) mass is 324 g/mol. The summed E-state index contributed by atoms with van der Waals surface area (Å²) in [6.45, 7) is -3.70. The minimum atomic E-state index is -3.09. The number of benzene rings is 2. The Morgan fingerprint density at radius 2 is 1.65 bits per heavy atom. The smallest absolute Gasteiger partial charge is 0.387 e. The minimum absolute atomic E-state index is 0.163. The van der Waals surface area contributed by atoms with Crippen LogP contribution in [0.25, 0.3) is 0 Å². The number of carbonyl (C=O) groups is 2. The lowest BCUT2D eigenvalue weighted by atomic mass is 10.1. The highest BCUT2D eigenvalue weighted by Gasteiger charge is 2.18. The van der Waals surface area contributed by atoms with Gasteiger partial charge in [0, 0.05) is 5.56 Å². The molecule has 2 aromatic rings. The highest BCUT2D eigenvalue weighted by atomic mass is 19.3. The van der Waals surface area contributed by atoms with Crippen LogP contribution in [0, 0.1) is 5.82 Å². The lowest BCUT2D eigenvalue weighted by Gasteiger charge is -2.10. The third-order valence-corrected chi connectivity index (χ3v) is 2.82. The quantitative estimate of drug-likeness (QED) is 0.603. The summed E-state index contributed by atoms with van der Waals surface area (Å²) in [5.41, 5.74) is -0.0592. The predicted molar refractivity (Wildman–Crippen MR) is 74.1 cm³/mol. The number of para-hydroxylation sites is 1. The number of ether oxygens (including phenoxy) is 2. The Bertz CT molecular complexity index is 699. The van der Waals surface area contributed by atoms with Crippen LogP contribution in [-0.2, 0) is 4.74 Å². The fraction of sp³-hybridized carbons (Fsp3) is 0.125. The van der Waals surface area contributed by atoms with Gasteiger partial charge in [0.25, 0.3) is 0 Å². The molecule has 0 unspecified atom stereocenters. The first-order chi connectivity index (χ1) is 11.0. The van der Waals surface area contributed by atoms with E-state index >= 15 is 0 Å². The van der Waals surface area contributed by atoms with Gasteiger partial charge in [0.2, 0.25) is 0 Å². The number of ketones is 1. The van der Waals surface area contributed by atoms with Crippen LogP contribution < -0.4 is 4.74 Å². The first-order valence-electron chi connectivity index (χ1n) is 6.47. The molecular weight excluding hydrogens is 313 g/mol. The minimum Gasteiger partial charge on any atom is -0.454 e. The van der Waals surface area contributed by atoms with Gasteiger partial charge < -0.3 is 9.47 Å². The summed E-state index contributed by atoms with van der Waals surface area (Å²) in [5, 5.41) is 0. The van der Waals surface area contributed by atoms with Gasteiger partial charge >= 0.3 is 12.6 Å². The molecule has 23 heavy (non-hydrogen) atoms. The highest BCUT2D eigenvalue weighted by Crippen LogP contribution is 2.21. The maximum absolute atomic E-state index is 12.8. The molecule has 0 atom stereocenters. The second-order valence-electron chi connectivity index (χ2n) is 4.38. The molecular formula is C16H11F3O4. The van der Waals surface area contributed by atoms with Crippen molar-refractivity contribution in [1.29, 1.82) is 0 Å². The van der Waals surface area contributed by atoms with Gasteiger partial charge in [0.05, 0.1) is 0 Å². The molecule has 2 aromatic carbocycles. The van der Waals surface area contributed by atoms with E-state index < -0.39 is 30.8 Å². The summed E-state index contributed by atoms with van der Waals surface area (Å²) in [7, 11) is 0. The molecule has 0 aromatic heterocycles. The Hall–Kier alpha value is -2.83. The van der Waals surface area contributed by atoms with Crippen LogP contribution in [0.4, 0.5) is 13.2 Å². The van der Waals surface area contributed by atoms with Crippen molar-refractivity contribution in [2.24, 2.45) is 0 Å². The van der Waals surface area contributed by atoms with Gasteiger partial charge in [0.1, 0.15) is 17.1 Å². The van der Waals surface area contributed by atoms with Gasteiger partial charge in [-0.05, 0) is 36.4 Å². The van der Waals surface area contributed by atoms with E-state index in [0.717, 1.165) is 12.1 Å². The first kappa shape index (κ1) is 16.5. The lowest BCUT2D eigenvalue weighted by molar-refractivity contribution is -0.0504. The molecule has 0 heterocycles. The summed E-state index contributed by atoms with van der Waals surface area (Å²) in [6.07, 6.45) is 0. The van der Waals surface area contributed by atoms with Crippen LogP contribution in [0.2, 0.25) is 0 Å². The zero-order chi connectivity index (χ0) is 16.8. The number of carbonyl (C=O) groups excluding carboxylic acids is 2. The molecule has 4 nitrogen and oxygen atoms in total. The Morgan fingerprint density at radius 3 is 2.30 bits per heavy atom. The summed E-state index contributed by atoms with van der Waals surface area (Å²) in [5.74, 6) is -2.37. The van der Waals surface area contributed by atoms with Crippen molar-refractivity contribution in [1.82, 2.24) is 0 Å². The van der Waals surface area contributed by atoms with E-state index in [2.05, 4.69) is 4.74 Å². The molecule has 0 aliphatic heterocycles. The molecule has 0 N–H and O–H groups in total. The Kier molecular flexibility index (Phi) is 5.35. The lowest BCUT2D eigenvalue weighted by Crippen LogP contribution is -2.16. The molecule has 7 heteroatoms. The van der Waals surface area contributed by atoms with E-state index in [1.807, 2.05) is 0 Å². The van der Waals surface area contributed by atoms with Crippen LogP contribution in [0.15, 0.2) is 48.5 Å². The van der Waals surface area contributed by atoms with E-state index in [0.29, 0.717) is 0 Å². The number of esters is 1. The number of alkyl halides is 2. The second kappa shape index (κ2) is 7.44. The van der Waals surface area contributed by atoms with Gasteiger partial charge in [-0.2, -0.15) is 8.78 Å². The molecule has 0 amide bonds. The van der Waals surface area contributed by atoms with Gasteiger partial charge in [0.15, 0.2) is 12.4 Å². The van der Waals surface area contributed by atoms with Gasteiger partial charge in [-0.15, -0.1) is 0 Å². The van der Waals surface area contributed by atoms with Crippen molar-refractivity contribution >= 4 is 11.8 Å². The number of hydrogen-bond acceptors (Lipinski definition) is 4. The second-order valence-corrected chi connectivity index (χ2v) is 4.38. The molecule has 0 aliphatic rings. The van der Waals surface area contributed by atoms with Crippen LogP contribution in [0.3, 0.4) is 0 Å². The Labute approximate surface area is 129 Å². The van der Waals surface area contributed by atoms with Crippen LogP contribution in [0.5, 0.6) is 5.75 Å². The number of halogens is 3. The van der Waals surface area contributed by atoms with Crippen molar-refractivity contribution in [3.8, 4) is 5.75 Å². The zero-order valence-electron chi connectivity index (χ0n) is 11.7. The maximum Gasteiger partial charge on any atom is 0.387 e. The Balaban J connectivity index is 2.02. The topological polar surface area (TPSA) is 52.6 Å². The van der Waals surface area contributed by atoms with E-state index in [4.69, 9.17) is 4.74 Å². The van der Waals surface area contributed by atoms with Crippen molar-refractivity contribution < 1.29 is 32.2 Å². The van der Waals surface area contributed by atoms with Crippen LogP contribution in [-0.4, -0.2) is 25.0 Å². The fourth-order valence-electron chi connectivity index (χ4n) is 1.76. The average molecular weight is 324 g/mol. The number of Topliss-reactive ketones (excluding diaryl/α,β-unsaturated/α-hetero) is 1. The zero-order valence-corrected chi connectivity index (χ0v) is 11.7. The van der Waals surface area contributed by atoms with Crippen LogP contribution in [0.1, 0.15) is 20.7 Å². The average Bonchev–Trinajstić information content (AvgIpc) is 2.53. The first-order valence-corrected chi connectivity index (χ1v) is 6.47. The van der Waals surface area contributed by atoms with E-state index in [1.165, 1.54) is 36.4 Å². The summed E-state index contributed by atoms with van der Waals surface area (Å²) in [4.78, 5) is 23.7. The van der Waals surface area contributed by atoms with E-state index in [1.54, 1.807) is 0 Å². The van der Waals surface area contributed by atoms with Crippen molar-refractivity contribution in [3.63, 3.8) is 0 Å². The summed E-state index contributed by atoms with van der Waals surface area (Å²) < 4.78 is 46.3. The normalized spacial score (nSPS) is 10.4. The molecule has 0 radical (unpaired) electrons. The molecule has 0 aliphatic carbocycles. The molecule has 0 spiro atoms.